The lowest BCUT2D eigenvalue weighted by molar-refractivity contribution is -0.134. The Kier molecular flexibility index (Phi) is 5.42. The Hall–Kier alpha value is -3.03. The van der Waals surface area contributed by atoms with E-state index in [4.69, 9.17) is 9.72 Å². The van der Waals surface area contributed by atoms with Crippen LogP contribution in [0.4, 0.5) is 4.39 Å². The highest BCUT2D eigenvalue weighted by Gasteiger charge is 2.31. The van der Waals surface area contributed by atoms with Crippen LogP contribution in [0.15, 0.2) is 30.5 Å². The van der Waals surface area contributed by atoms with Crippen molar-refractivity contribution in [2.45, 2.75) is 38.8 Å². The summed E-state index contributed by atoms with van der Waals surface area (Å²) in [4.78, 5) is 37.0. The number of benzene rings is 1. The molecule has 2 aliphatic heterocycles. The minimum atomic E-state index is -0.347. The summed E-state index contributed by atoms with van der Waals surface area (Å²) < 4.78 is 18.4. The summed E-state index contributed by atoms with van der Waals surface area (Å²) in [5.74, 6) is 0.710. The van der Waals surface area contributed by atoms with E-state index < -0.39 is 0 Å². The third kappa shape index (κ3) is 4.21. The number of hydrogen-bond acceptors (Lipinski definition) is 5. The van der Waals surface area contributed by atoms with Gasteiger partial charge in [0.15, 0.2) is 12.4 Å². The molecule has 1 saturated heterocycles. The van der Waals surface area contributed by atoms with Gasteiger partial charge in [0, 0.05) is 44.7 Å². The van der Waals surface area contributed by atoms with Crippen LogP contribution in [0.2, 0.25) is 0 Å². The first-order chi connectivity index (χ1) is 14.0. The smallest absolute Gasteiger partial charge is 0.260 e. The maximum atomic E-state index is 12.9. The first-order valence-electron chi connectivity index (χ1n) is 9.79. The van der Waals surface area contributed by atoms with E-state index in [1.807, 2.05) is 4.90 Å². The Morgan fingerprint density at radius 1 is 1.24 bits per heavy atom. The van der Waals surface area contributed by atoms with Gasteiger partial charge in [0.05, 0.1) is 11.7 Å². The van der Waals surface area contributed by atoms with E-state index in [2.05, 4.69) is 4.98 Å². The molecule has 0 aliphatic carbocycles. The largest absolute Gasteiger partial charge is 0.484 e. The molecule has 2 aromatic rings. The quantitative estimate of drug-likeness (QED) is 0.790. The highest BCUT2D eigenvalue weighted by atomic mass is 19.1. The summed E-state index contributed by atoms with van der Waals surface area (Å²) in [6, 6.07) is 5.53. The van der Waals surface area contributed by atoms with Crippen molar-refractivity contribution < 1.29 is 18.7 Å². The van der Waals surface area contributed by atoms with Gasteiger partial charge in [-0.15, -0.1) is 0 Å². The van der Waals surface area contributed by atoms with Gasteiger partial charge in [0.25, 0.3) is 5.91 Å². The molecule has 0 unspecified atom stereocenters. The van der Waals surface area contributed by atoms with Gasteiger partial charge < -0.3 is 14.5 Å². The van der Waals surface area contributed by atoms with Crippen molar-refractivity contribution in [1.29, 1.82) is 0 Å². The fourth-order valence-electron chi connectivity index (χ4n) is 3.88. The minimum Gasteiger partial charge on any atom is -0.484 e. The van der Waals surface area contributed by atoms with Gasteiger partial charge in [-0.1, -0.05) is 0 Å². The average molecular weight is 398 g/mol. The maximum Gasteiger partial charge on any atom is 0.260 e. The standard InChI is InChI=1S/C21H23FN4O3/c1-14(27)26-9-2-3-19(26)21-23-11-15-12-25(10-8-18(15)24-21)20(28)13-29-17-6-4-16(22)5-7-17/h4-7,11,19H,2-3,8-10,12-13H2,1H3/t19-/m1/s1. The Balaban J connectivity index is 1.39. The molecule has 29 heavy (non-hydrogen) atoms. The van der Waals surface area contributed by atoms with Crippen LogP contribution in [-0.4, -0.2) is 51.3 Å². The number of likely N-dealkylation sites (tertiary alicyclic amines) is 1. The lowest BCUT2D eigenvalue weighted by Gasteiger charge is -2.29. The number of ether oxygens (including phenoxy) is 1. The molecule has 2 amide bonds. The topological polar surface area (TPSA) is 75.6 Å². The van der Waals surface area contributed by atoms with Crippen molar-refractivity contribution in [3.05, 3.63) is 53.4 Å². The van der Waals surface area contributed by atoms with Gasteiger partial charge in [0.2, 0.25) is 5.91 Å². The monoisotopic (exact) mass is 398 g/mol. The van der Waals surface area contributed by atoms with E-state index in [-0.39, 0.29) is 30.3 Å². The second kappa shape index (κ2) is 8.14. The number of fused-ring (bicyclic) bond motifs is 1. The predicted octanol–water partition coefficient (Wildman–Crippen LogP) is 2.26. The molecule has 0 saturated carbocycles. The summed E-state index contributed by atoms with van der Waals surface area (Å²) in [6.45, 7) is 3.21. The molecule has 4 rings (SSSR count). The Labute approximate surface area is 168 Å². The number of aromatic nitrogens is 2. The minimum absolute atomic E-state index is 0.0479. The van der Waals surface area contributed by atoms with E-state index in [0.29, 0.717) is 31.1 Å². The lowest BCUT2D eigenvalue weighted by Crippen LogP contribution is -2.39. The summed E-state index contributed by atoms with van der Waals surface area (Å²) >= 11 is 0. The molecule has 1 fully saturated rings. The maximum absolute atomic E-state index is 12.9. The Bertz CT molecular complexity index is 919. The molecule has 0 bridgehead atoms. The van der Waals surface area contributed by atoms with Crippen LogP contribution in [0.1, 0.15) is 42.9 Å². The van der Waals surface area contributed by atoms with Crippen LogP contribution in [0, 0.1) is 5.82 Å². The molecule has 7 nitrogen and oxygen atoms in total. The summed E-state index contributed by atoms with van der Waals surface area (Å²) in [5, 5.41) is 0. The van der Waals surface area contributed by atoms with Crippen molar-refractivity contribution >= 4 is 11.8 Å². The van der Waals surface area contributed by atoms with E-state index >= 15 is 0 Å². The molecule has 0 spiro atoms. The lowest BCUT2D eigenvalue weighted by atomic mass is 10.1. The highest BCUT2D eigenvalue weighted by Crippen LogP contribution is 2.30. The number of halogens is 1. The fourth-order valence-corrected chi connectivity index (χ4v) is 3.88. The molecule has 3 heterocycles. The number of rotatable bonds is 4. The number of amides is 2. The molecule has 2 aliphatic rings. The van der Waals surface area contributed by atoms with Crippen molar-refractivity contribution in [1.82, 2.24) is 19.8 Å². The van der Waals surface area contributed by atoms with Crippen LogP contribution in [0.25, 0.3) is 0 Å². The second-order valence-corrected chi connectivity index (χ2v) is 7.38. The first kappa shape index (κ1) is 19.3. The molecule has 0 radical (unpaired) electrons. The van der Waals surface area contributed by atoms with Crippen molar-refractivity contribution in [3.8, 4) is 5.75 Å². The predicted molar refractivity (Wildman–Crippen MR) is 102 cm³/mol. The Morgan fingerprint density at radius 3 is 2.79 bits per heavy atom. The normalized spacial score (nSPS) is 18.5. The third-order valence-electron chi connectivity index (χ3n) is 5.44. The molecular weight excluding hydrogens is 375 g/mol. The SMILES string of the molecule is CC(=O)N1CCC[C@@H]1c1ncc2c(n1)CCN(C(=O)COc1ccc(F)cc1)C2. The van der Waals surface area contributed by atoms with Crippen LogP contribution in [-0.2, 0) is 22.6 Å². The van der Waals surface area contributed by atoms with Crippen molar-refractivity contribution in [2.75, 3.05) is 19.7 Å². The van der Waals surface area contributed by atoms with E-state index in [1.54, 1.807) is 18.0 Å². The molecule has 1 aromatic heterocycles. The zero-order valence-corrected chi connectivity index (χ0v) is 16.3. The van der Waals surface area contributed by atoms with Gasteiger partial charge in [-0.05, 0) is 37.1 Å². The van der Waals surface area contributed by atoms with Gasteiger partial charge in [-0.2, -0.15) is 0 Å². The number of carbonyl (C=O) groups excluding carboxylic acids is 2. The summed E-state index contributed by atoms with van der Waals surface area (Å²) in [7, 11) is 0. The number of carbonyl (C=O) groups is 2. The summed E-state index contributed by atoms with van der Waals surface area (Å²) in [5.41, 5.74) is 1.86. The number of nitrogens with zero attached hydrogens (tertiary/aromatic N) is 4. The zero-order valence-electron chi connectivity index (χ0n) is 16.3. The van der Waals surface area contributed by atoms with Crippen LogP contribution < -0.4 is 4.74 Å². The summed E-state index contributed by atoms with van der Waals surface area (Å²) in [6.07, 6.45) is 4.25. The second-order valence-electron chi connectivity index (χ2n) is 7.38. The zero-order chi connectivity index (χ0) is 20.4. The van der Waals surface area contributed by atoms with E-state index in [9.17, 15) is 14.0 Å². The molecule has 0 N–H and O–H groups in total. The van der Waals surface area contributed by atoms with Gasteiger partial charge in [0.1, 0.15) is 11.6 Å². The number of hydrogen-bond donors (Lipinski definition) is 0. The molecular formula is C21H23FN4O3. The first-order valence-corrected chi connectivity index (χ1v) is 9.79. The molecule has 152 valence electrons. The van der Waals surface area contributed by atoms with Gasteiger partial charge >= 0.3 is 0 Å². The van der Waals surface area contributed by atoms with Crippen LogP contribution in [0.5, 0.6) is 5.75 Å². The highest BCUT2D eigenvalue weighted by molar-refractivity contribution is 5.78. The van der Waals surface area contributed by atoms with Gasteiger partial charge in [-0.25, -0.2) is 14.4 Å². The molecule has 1 aromatic carbocycles. The fraction of sp³-hybridized carbons (Fsp3) is 0.429. The van der Waals surface area contributed by atoms with Crippen molar-refractivity contribution in [2.24, 2.45) is 0 Å². The molecule has 8 heteroatoms. The molecule has 1 atom stereocenters. The van der Waals surface area contributed by atoms with Crippen molar-refractivity contribution in [3.63, 3.8) is 0 Å². The van der Waals surface area contributed by atoms with Gasteiger partial charge in [-0.3, -0.25) is 9.59 Å². The average Bonchev–Trinajstić information content (AvgIpc) is 3.22. The van der Waals surface area contributed by atoms with E-state index in [1.165, 1.54) is 24.3 Å². The Morgan fingerprint density at radius 2 is 2.03 bits per heavy atom. The van der Waals surface area contributed by atoms with Crippen LogP contribution in [0.3, 0.4) is 0 Å². The third-order valence-corrected chi connectivity index (χ3v) is 5.44. The van der Waals surface area contributed by atoms with E-state index in [0.717, 1.165) is 30.6 Å². The van der Waals surface area contributed by atoms with Crippen LogP contribution >= 0.6 is 0 Å².